The number of aromatic nitrogens is 3. The Hall–Kier alpha value is -2.51. The summed E-state index contributed by atoms with van der Waals surface area (Å²) in [5.41, 5.74) is 2.77. The van der Waals surface area contributed by atoms with E-state index in [-0.39, 0.29) is 5.82 Å². The standard InChI is InChI=1S/C17H15ClFN5S/c1-11-3-2-4-14(7-11)21-17(25)22-16-20-10-24(23-16)9-12-5-6-13(19)8-15(12)18/h2-8,10H,9H2,1H3,(H2,21,22,23,25). The molecule has 0 saturated carbocycles. The van der Waals surface area contributed by atoms with Gasteiger partial charge in [-0.25, -0.2) is 14.1 Å². The van der Waals surface area contributed by atoms with E-state index in [0.29, 0.717) is 22.6 Å². The summed E-state index contributed by atoms with van der Waals surface area (Å²) in [5, 5.41) is 11.0. The highest BCUT2D eigenvalue weighted by Gasteiger charge is 2.07. The fraction of sp³-hybridized carbons (Fsp3) is 0.118. The number of thiocarbonyl (C=S) groups is 1. The van der Waals surface area contributed by atoms with Crippen LogP contribution >= 0.6 is 23.8 Å². The van der Waals surface area contributed by atoms with Gasteiger partial charge in [-0.1, -0.05) is 29.8 Å². The summed E-state index contributed by atoms with van der Waals surface area (Å²) < 4.78 is 14.7. The van der Waals surface area contributed by atoms with Crippen LogP contribution < -0.4 is 10.6 Å². The number of nitrogens with one attached hydrogen (secondary N) is 2. The molecule has 0 radical (unpaired) electrons. The van der Waals surface area contributed by atoms with Crippen molar-refractivity contribution < 1.29 is 4.39 Å². The predicted octanol–water partition coefficient (Wildman–Crippen LogP) is 4.24. The quantitative estimate of drug-likeness (QED) is 0.668. The molecule has 0 unspecified atom stereocenters. The molecule has 5 nitrogen and oxygen atoms in total. The Morgan fingerprint density at radius 2 is 2.08 bits per heavy atom. The molecule has 0 spiro atoms. The molecule has 3 aromatic rings. The number of rotatable bonds is 4. The largest absolute Gasteiger partial charge is 0.332 e. The van der Waals surface area contributed by atoms with Crippen molar-refractivity contribution in [3.05, 3.63) is 70.8 Å². The highest BCUT2D eigenvalue weighted by Crippen LogP contribution is 2.18. The molecule has 0 bridgehead atoms. The Kier molecular flexibility index (Phi) is 5.25. The van der Waals surface area contributed by atoms with E-state index in [2.05, 4.69) is 20.7 Å². The van der Waals surface area contributed by atoms with E-state index >= 15 is 0 Å². The first kappa shape index (κ1) is 17.3. The minimum Gasteiger partial charge on any atom is -0.332 e. The average molecular weight is 376 g/mol. The highest BCUT2D eigenvalue weighted by atomic mass is 35.5. The molecule has 25 heavy (non-hydrogen) atoms. The Labute approximate surface area is 154 Å². The van der Waals surface area contributed by atoms with Gasteiger partial charge >= 0.3 is 0 Å². The minimum atomic E-state index is -0.373. The van der Waals surface area contributed by atoms with E-state index in [9.17, 15) is 4.39 Å². The fourth-order valence-electron chi connectivity index (χ4n) is 2.24. The van der Waals surface area contributed by atoms with Crippen LogP contribution in [0.3, 0.4) is 0 Å². The molecule has 128 valence electrons. The van der Waals surface area contributed by atoms with Gasteiger partial charge < -0.3 is 5.32 Å². The lowest BCUT2D eigenvalue weighted by Crippen LogP contribution is -2.20. The number of aryl methyl sites for hydroxylation is 1. The monoisotopic (exact) mass is 375 g/mol. The SMILES string of the molecule is Cc1cccc(NC(=S)Nc2ncn(Cc3ccc(F)cc3Cl)n2)c1. The summed E-state index contributed by atoms with van der Waals surface area (Å²) >= 11 is 11.3. The van der Waals surface area contributed by atoms with E-state index in [1.165, 1.54) is 12.1 Å². The first-order valence-electron chi connectivity index (χ1n) is 7.47. The second-order valence-corrected chi connectivity index (χ2v) is 6.27. The predicted molar refractivity (Wildman–Crippen MR) is 102 cm³/mol. The van der Waals surface area contributed by atoms with Crippen molar-refractivity contribution in [2.24, 2.45) is 0 Å². The van der Waals surface area contributed by atoms with E-state index in [4.69, 9.17) is 23.8 Å². The van der Waals surface area contributed by atoms with Crippen LogP contribution in [0.4, 0.5) is 16.0 Å². The Bertz CT molecular complexity index is 912. The minimum absolute atomic E-state index is 0.349. The van der Waals surface area contributed by atoms with Crippen molar-refractivity contribution in [2.75, 3.05) is 10.6 Å². The van der Waals surface area contributed by atoms with Gasteiger partial charge in [0.1, 0.15) is 12.1 Å². The third-order valence-corrected chi connectivity index (χ3v) is 3.94. The lowest BCUT2D eigenvalue weighted by molar-refractivity contribution is 0.624. The summed E-state index contributed by atoms with van der Waals surface area (Å²) in [7, 11) is 0. The molecule has 0 aliphatic carbocycles. The second-order valence-electron chi connectivity index (χ2n) is 5.45. The molecule has 0 saturated heterocycles. The lowest BCUT2D eigenvalue weighted by Gasteiger charge is -2.08. The maximum absolute atomic E-state index is 13.1. The molecule has 2 N–H and O–H groups in total. The summed E-state index contributed by atoms with van der Waals surface area (Å²) in [5.74, 6) is -0.00865. The Morgan fingerprint density at radius 1 is 1.24 bits per heavy atom. The zero-order chi connectivity index (χ0) is 17.8. The summed E-state index contributed by atoms with van der Waals surface area (Å²) in [6, 6.07) is 12.1. The van der Waals surface area contributed by atoms with Gasteiger partial charge in [0.2, 0.25) is 5.95 Å². The summed E-state index contributed by atoms with van der Waals surface area (Å²) in [4.78, 5) is 4.15. The van der Waals surface area contributed by atoms with Crippen molar-refractivity contribution in [2.45, 2.75) is 13.5 Å². The van der Waals surface area contributed by atoms with Crippen molar-refractivity contribution >= 4 is 40.6 Å². The van der Waals surface area contributed by atoms with E-state index < -0.39 is 0 Å². The van der Waals surface area contributed by atoms with Gasteiger partial charge in [-0.2, -0.15) is 0 Å². The number of hydrogen-bond donors (Lipinski definition) is 2. The molecular weight excluding hydrogens is 361 g/mol. The van der Waals surface area contributed by atoms with Crippen LogP contribution in [-0.4, -0.2) is 19.9 Å². The maximum Gasteiger partial charge on any atom is 0.248 e. The number of halogens is 2. The van der Waals surface area contributed by atoms with Gasteiger partial charge in [0.15, 0.2) is 5.11 Å². The van der Waals surface area contributed by atoms with Crippen LogP contribution in [0.2, 0.25) is 5.02 Å². The fourth-order valence-corrected chi connectivity index (χ4v) is 2.68. The van der Waals surface area contributed by atoms with E-state index in [0.717, 1.165) is 16.8 Å². The summed E-state index contributed by atoms with van der Waals surface area (Å²) in [6.45, 7) is 2.39. The molecule has 0 aliphatic rings. The molecule has 1 heterocycles. The topological polar surface area (TPSA) is 54.8 Å². The molecule has 0 amide bonds. The molecule has 8 heteroatoms. The maximum atomic E-state index is 13.1. The van der Waals surface area contributed by atoms with Gasteiger partial charge in [-0.05, 0) is 54.5 Å². The van der Waals surface area contributed by atoms with E-state index in [1.54, 1.807) is 17.1 Å². The lowest BCUT2D eigenvalue weighted by atomic mass is 10.2. The third-order valence-electron chi connectivity index (χ3n) is 3.39. The zero-order valence-corrected chi connectivity index (χ0v) is 14.9. The highest BCUT2D eigenvalue weighted by molar-refractivity contribution is 7.80. The first-order chi connectivity index (χ1) is 12.0. The zero-order valence-electron chi connectivity index (χ0n) is 13.3. The van der Waals surface area contributed by atoms with Gasteiger partial charge in [-0.15, -0.1) is 5.10 Å². The van der Waals surface area contributed by atoms with Crippen molar-refractivity contribution in [1.82, 2.24) is 14.8 Å². The number of anilines is 2. The van der Waals surface area contributed by atoms with Crippen LogP contribution in [0.25, 0.3) is 0 Å². The molecule has 0 aliphatic heterocycles. The molecular formula is C17H15ClFN5S. The summed E-state index contributed by atoms with van der Waals surface area (Å²) in [6.07, 6.45) is 1.55. The third kappa shape index (κ3) is 4.74. The molecule has 2 aromatic carbocycles. The van der Waals surface area contributed by atoms with Crippen molar-refractivity contribution in [3.8, 4) is 0 Å². The first-order valence-corrected chi connectivity index (χ1v) is 8.26. The smallest absolute Gasteiger partial charge is 0.248 e. The normalized spacial score (nSPS) is 10.5. The van der Waals surface area contributed by atoms with Crippen LogP contribution in [0, 0.1) is 12.7 Å². The molecule has 3 rings (SSSR count). The van der Waals surface area contributed by atoms with Crippen LogP contribution in [0.1, 0.15) is 11.1 Å². The Balaban J connectivity index is 1.62. The van der Waals surface area contributed by atoms with Crippen molar-refractivity contribution in [3.63, 3.8) is 0 Å². The van der Waals surface area contributed by atoms with Gasteiger partial charge in [0.25, 0.3) is 0 Å². The molecule has 0 fully saturated rings. The van der Waals surface area contributed by atoms with Crippen LogP contribution in [-0.2, 0) is 6.54 Å². The van der Waals surface area contributed by atoms with E-state index in [1.807, 2.05) is 31.2 Å². The molecule has 0 atom stereocenters. The number of benzene rings is 2. The number of hydrogen-bond acceptors (Lipinski definition) is 3. The molecule has 1 aromatic heterocycles. The van der Waals surface area contributed by atoms with Crippen LogP contribution in [0.5, 0.6) is 0 Å². The van der Waals surface area contributed by atoms with Gasteiger partial charge in [0, 0.05) is 10.7 Å². The van der Waals surface area contributed by atoms with Crippen molar-refractivity contribution in [1.29, 1.82) is 0 Å². The number of nitrogens with zero attached hydrogens (tertiary/aromatic N) is 3. The Morgan fingerprint density at radius 3 is 2.84 bits per heavy atom. The van der Waals surface area contributed by atoms with Crippen LogP contribution in [0.15, 0.2) is 48.8 Å². The second kappa shape index (κ2) is 7.58. The average Bonchev–Trinajstić information content (AvgIpc) is 2.97. The van der Waals surface area contributed by atoms with Gasteiger partial charge in [-0.3, -0.25) is 5.32 Å². The van der Waals surface area contributed by atoms with Gasteiger partial charge in [0.05, 0.1) is 6.54 Å².